The quantitative estimate of drug-likeness (QED) is 0.0902. The van der Waals surface area contributed by atoms with E-state index in [1.165, 1.54) is 0 Å². The number of carbonyl (C=O) groups excluding carboxylic acids is 1. The van der Waals surface area contributed by atoms with Crippen molar-refractivity contribution < 1.29 is 24.2 Å². The summed E-state index contributed by atoms with van der Waals surface area (Å²) >= 11 is 0. The van der Waals surface area contributed by atoms with Gasteiger partial charge in [-0.2, -0.15) is 9.03 Å². The molecule has 17 nitrogen and oxygen atoms in total. The molecule has 11 aromatic rings. The summed E-state index contributed by atoms with van der Waals surface area (Å²) in [6, 6.07) is 52.4. The van der Waals surface area contributed by atoms with Crippen molar-refractivity contribution in [2.45, 2.75) is 0 Å². The summed E-state index contributed by atoms with van der Waals surface area (Å²) in [6.45, 7) is 0. The number of fused-ring (bicyclic) bond motifs is 6. The molecule has 71 heavy (non-hydrogen) atoms. The molecule has 0 unspecified atom stereocenters. The Balaban J connectivity index is 0.000000169. The molecule has 1 amide bonds. The van der Waals surface area contributed by atoms with Crippen LogP contribution in [0.2, 0.25) is 0 Å². The summed E-state index contributed by atoms with van der Waals surface area (Å²) in [5, 5.41) is 49.7. The second-order valence-electron chi connectivity index (χ2n) is 16.4. The summed E-state index contributed by atoms with van der Waals surface area (Å²) in [5.41, 5.74) is 6.84. The van der Waals surface area contributed by atoms with Crippen LogP contribution in [-0.2, 0) is 0 Å². The van der Waals surface area contributed by atoms with Gasteiger partial charge in [-0.1, -0.05) is 60.7 Å². The second-order valence-corrected chi connectivity index (χ2v) is 16.4. The maximum absolute atomic E-state index is 13.0. The lowest BCUT2D eigenvalue weighted by molar-refractivity contribution is 0.0696. The van der Waals surface area contributed by atoms with Gasteiger partial charge in [-0.3, -0.25) is 4.79 Å². The van der Waals surface area contributed by atoms with Crippen LogP contribution in [0.25, 0.3) is 55.6 Å². The first-order valence-corrected chi connectivity index (χ1v) is 22.3. The Hall–Kier alpha value is -9.90. The number of methoxy groups -OCH3 is 2. The molecule has 350 valence electrons. The fourth-order valence-electron chi connectivity index (χ4n) is 7.97. The molecule has 11 rings (SSSR count). The number of ether oxygens (including phenoxy) is 2. The first-order valence-electron chi connectivity index (χ1n) is 22.3. The molecule has 0 aliphatic carbocycles. The van der Waals surface area contributed by atoms with Crippen LogP contribution in [0.15, 0.2) is 170 Å². The number of amides is 1. The minimum absolute atomic E-state index is 0.193. The van der Waals surface area contributed by atoms with E-state index in [0.717, 1.165) is 61.2 Å². The molecule has 17 heteroatoms. The third-order valence-corrected chi connectivity index (χ3v) is 11.6. The van der Waals surface area contributed by atoms with Gasteiger partial charge in [-0.15, -0.1) is 30.6 Å². The normalized spacial score (nSPS) is 11.0. The number of hydrogen-bond acceptors (Lipinski definition) is 13. The van der Waals surface area contributed by atoms with E-state index in [2.05, 4.69) is 36.3 Å². The van der Waals surface area contributed by atoms with Crippen molar-refractivity contribution in [2.75, 3.05) is 49.2 Å². The molecule has 0 saturated carbocycles. The van der Waals surface area contributed by atoms with E-state index in [1.807, 2.05) is 152 Å². The number of nitrogens with one attached hydrogen (secondary N) is 3. The lowest BCUT2D eigenvalue weighted by Crippen LogP contribution is -2.13. The van der Waals surface area contributed by atoms with Gasteiger partial charge in [0.1, 0.15) is 11.5 Å². The zero-order valence-corrected chi connectivity index (χ0v) is 38.8. The highest BCUT2D eigenvalue weighted by atomic mass is 16.5. The molecule has 0 aliphatic heterocycles. The fraction of sp³-hybridized carbons (Fsp3) is 0.0741. The number of anilines is 6. The highest BCUT2D eigenvalue weighted by molar-refractivity contribution is 6.06. The largest absolute Gasteiger partial charge is 0.497 e. The number of carboxylic acid groups (broad SMARTS) is 1. The van der Waals surface area contributed by atoms with Gasteiger partial charge in [-0.25, -0.2) is 4.79 Å². The van der Waals surface area contributed by atoms with Gasteiger partial charge in [0.15, 0.2) is 34.6 Å². The van der Waals surface area contributed by atoms with Crippen molar-refractivity contribution in [2.24, 2.45) is 0 Å². The summed E-state index contributed by atoms with van der Waals surface area (Å²) < 4.78 is 13.9. The average Bonchev–Trinajstić information content (AvgIpc) is 4.04. The van der Waals surface area contributed by atoms with Gasteiger partial charge in [0.25, 0.3) is 5.91 Å². The molecule has 4 N–H and O–H groups in total. The third-order valence-electron chi connectivity index (χ3n) is 11.6. The molecule has 0 bridgehead atoms. The van der Waals surface area contributed by atoms with Crippen molar-refractivity contribution in [1.29, 1.82) is 0 Å². The number of aromatic carboxylic acids is 1. The number of hydrogen-bond donors (Lipinski definition) is 4. The van der Waals surface area contributed by atoms with Crippen LogP contribution in [-0.4, -0.2) is 84.9 Å². The Bertz CT molecular complexity index is 3740. The Kier molecular flexibility index (Phi) is 12.3. The van der Waals surface area contributed by atoms with Gasteiger partial charge in [0, 0.05) is 75.1 Å². The van der Waals surface area contributed by atoms with Crippen LogP contribution >= 0.6 is 0 Å². The number of benzene rings is 7. The fourth-order valence-corrected chi connectivity index (χ4v) is 7.97. The molecule has 4 heterocycles. The number of nitrogens with zero attached hydrogens (tertiary/aromatic N) is 9. The van der Waals surface area contributed by atoms with Crippen LogP contribution in [0.4, 0.5) is 34.4 Å². The first-order chi connectivity index (χ1) is 34.6. The number of carboxylic acids is 1. The molecular weight excluding hydrogens is 897 g/mol. The van der Waals surface area contributed by atoms with E-state index in [9.17, 15) is 14.7 Å². The molecule has 0 spiro atoms. The molecular formula is C54H44N12O5. The Morgan fingerprint density at radius 1 is 0.507 bits per heavy atom. The highest BCUT2D eigenvalue weighted by Crippen LogP contribution is 2.32. The van der Waals surface area contributed by atoms with Gasteiger partial charge in [-0.05, 0) is 109 Å². The molecule has 7 aromatic carbocycles. The number of aromatic nitrogens is 8. The summed E-state index contributed by atoms with van der Waals surface area (Å²) in [6.07, 6.45) is 0. The summed E-state index contributed by atoms with van der Waals surface area (Å²) in [7, 11) is 7.21. The van der Waals surface area contributed by atoms with Gasteiger partial charge in [0.2, 0.25) is 0 Å². The lowest BCUT2D eigenvalue weighted by atomic mass is 10.1. The standard InChI is InChI=1S/C31H27N7O2.C23H17N5O3/c1-37(2)24-15-13-22(14-16-24)33-31(39)21-7-6-8-23(19-21)32-28-26-9-4-5-10-27(26)30-35-34-29(38(30)36-28)20-11-17-25(40-3)18-12-20;1-31-17-11-9-14(10-12-17)21-25-26-22-19-8-3-2-7-18(19)20(27-28(21)22)24-16-6-4-5-15(13-16)23(29)30/h4-19H,1-3H3,(H,32,36)(H,33,39);2-13H,1H3,(H,24,27)(H,29,30). The van der Waals surface area contributed by atoms with Gasteiger partial charge < -0.3 is 35.4 Å². The number of rotatable bonds is 12. The Labute approximate surface area is 406 Å². The molecule has 4 aromatic heterocycles. The molecule has 0 saturated heterocycles. The predicted octanol–water partition coefficient (Wildman–Crippen LogP) is 10.4. The van der Waals surface area contributed by atoms with E-state index < -0.39 is 5.97 Å². The zero-order valence-electron chi connectivity index (χ0n) is 38.8. The molecule has 0 atom stereocenters. The third kappa shape index (κ3) is 9.25. The molecule has 0 aliphatic rings. The Morgan fingerprint density at radius 2 is 0.958 bits per heavy atom. The molecule has 0 radical (unpaired) electrons. The van der Waals surface area contributed by atoms with Crippen LogP contribution in [0, 0.1) is 0 Å². The number of carbonyl (C=O) groups is 2. The van der Waals surface area contributed by atoms with E-state index in [0.29, 0.717) is 45.8 Å². The SMILES string of the molecule is COc1ccc(-c2nnc3c4ccccc4c(Nc4cccc(C(=O)Nc5ccc(N(C)C)cc5)c4)nn23)cc1.COc1ccc(-c2nnc3c4ccccc4c(Nc4cccc(C(=O)O)c4)nn23)cc1. The monoisotopic (exact) mass is 940 g/mol. The summed E-state index contributed by atoms with van der Waals surface area (Å²) in [5.74, 6) is 2.71. The van der Waals surface area contributed by atoms with E-state index >= 15 is 0 Å². The van der Waals surface area contributed by atoms with Crippen LogP contribution < -0.4 is 30.3 Å². The Morgan fingerprint density at radius 3 is 1.41 bits per heavy atom. The van der Waals surface area contributed by atoms with Crippen molar-refractivity contribution in [3.8, 4) is 34.3 Å². The minimum atomic E-state index is -0.988. The maximum atomic E-state index is 13.0. The van der Waals surface area contributed by atoms with Crippen molar-refractivity contribution in [3.63, 3.8) is 0 Å². The van der Waals surface area contributed by atoms with Gasteiger partial charge in [0.05, 0.1) is 19.8 Å². The minimum Gasteiger partial charge on any atom is -0.497 e. The topological polar surface area (TPSA) is 198 Å². The zero-order chi connectivity index (χ0) is 49.0. The van der Waals surface area contributed by atoms with Crippen molar-refractivity contribution in [3.05, 3.63) is 181 Å². The van der Waals surface area contributed by atoms with Gasteiger partial charge >= 0.3 is 5.97 Å². The van der Waals surface area contributed by atoms with E-state index in [-0.39, 0.29) is 11.5 Å². The van der Waals surface area contributed by atoms with Crippen LogP contribution in [0.5, 0.6) is 11.5 Å². The second kappa shape index (κ2) is 19.4. The van der Waals surface area contributed by atoms with E-state index in [1.54, 1.807) is 59.6 Å². The van der Waals surface area contributed by atoms with Crippen molar-refractivity contribution >= 4 is 79.1 Å². The highest BCUT2D eigenvalue weighted by Gasteiger charge is 2.18. The lowest BCUT2D eigenvalue weighted by Gasteiger charge is -2.13. The summed E-state index contributed by atoms with van der Waals surface area (Å²) in [4.78, 5) is 26.4. The predicted molar refractivity (Wildman–Crippen MR) is 276 cm³/mol. The smallest absolute Gasteiger partial charge is 0.335 e. The van der Waals surface area contributed by atoms with Crippen LogP contribution in [0.1, 0.15) is 20.7 Å². The molecule has 0 fully saturated rings. The average molecular weight is 941 g/mol. The maximum Gasteiger partial charge on any atom is 0.335 e. The van der Waals surface area contributed by atoms with Crippen LogP contribution in [0.3, 0.4) is 0 Å². The first kappa shape index (κ1) is 44.9. The van der Waals surface area contributed by atoms with Crippen molar-refractivity contribution in [1.82, 2.24) is 39.6 Å². The van der Waals surface area contributed by atoms with E-state index in [4.69, 9.17) is 19.7 Å².